The number of hydrogen-bond acceptors (Lipinski definition) is 2. The van der Waals surface area contributed by atoms with E-state index in [-0.39, 0.29) is 0 Å². The van der Waals surface area contributed by atoms with Crippen molar-refractivity contribution in [2.24, 2.45) is 0 Å². The predicted octanol–water partition coefficient (Wildman–Crippen LogP) is 4.84. The van der Waals surface area contributed by atoms with Crippen molar-refractivity contribution in [3.8, 4) is 0 Å². The quantitative estimate of drug-likeness (QED) is 0.673. The third-order valence-electron chi connectivity index (χ3n) is 4.44. The van der Waals surface area contributed by atoms with Crippen LogP contribution in [0.1, 0.15) is 46.4 Å². The molecule has 2 aromatic carbocycles. The van der Waals surface area contributed by atoms with Crippen molar-refractivity contribution in [2.75, 3.05) is 0 Å². The van der Waals surface area contributed by atoms with Crippen LogP contribution in [0.2, 0.25) is 0 Å². The van der Waals surface area contributed by atoms with E-state index in [2.05, 4.69) is 78.4 Å². The summed E-state index contributed by atoms with van der Waals surface area (Å²) >= 11 is 0. The van der Waals surface area contributed by atoms with Crippen LogP contribution in [0.3, 0.4) is 0 Å². The van der Waals surface area contributed by atoms with Crippen LogP contribution < -0.4 is 0 Å². The molecular weight excluding hydrogens is 292 g/mol. The highest BCUT2D eigenvalue weighted by atomic mass is 14.9. The zero-order valence-electron chi connectivity index (χ0n) is 14.7. The van der Waals surface area contributed by atoms with Crippen LogP contribution in [0.15, 0.2) is 54.6 Å². The zero-order chi connectivity index (χ0) is 16.9. The number of hydrogen-bond donors (Lipinski definition) is 0. The first-order valence-electron chi connectivity index (χ1n) is 8.60. The molecule has 0 aliphatic rings. The molecule has 3 aromatic rings. The minimum atomic E-state index is 0.869. The van der Waals surface area contributed by atoms with Crippen LogP contribution in [0, 0.1) is 13.8 Å². The van der Waals surface area contributed by atoms with Gasteiger partial charge in [-0.2, -0.15) is 0 Å². The number of benzene rings is 2. The van der Waals surface area contributed by atoms with Gasteiger partial charge in [-0.25, -0.2) is 9.97 Å². The van der Waals surface area contributed by atoms with E-state index in [1.54, 1.807) is 0 Å². The topological polar surface area (TPSA) is 25.8 Å². The van der Waals surface area contributed by atoms with Crippen LogP contribution in [-0.4, -0.2) is 9.97 Å². The van der Waals surface area contributed by atoms with E-state index < -0.39 is 0 Å². The van der Waals surface area contributed by atoms with Crippen LogP contribution in [-0.2, 0) is 19.3 Å². The van der Waals surface area contributed by atoms with Gasteiger partial charge < -0.3 is 0 Å². The van der Waals surface area contributed by atoms with Crippen LogP contribution >= 0.6 is 0 Å². The smallest absolute Gasteiger partial charge is 0.125 e. The van der Waals surface area contributed by atoms with E-state index in [4.69, 9.17) is 0 Å². The van der Waals surface area contributed by atoms with Gasteiger partial charge in [0.05, 0.1) is 5.69 Å². The normalized spacial score (nSPS) is 10.8. The highest BCUT2D eigenvalue weighted by Gasteiger charge is 2.08. The molecule has 0 bridgehead atoms. The summed E-state index contributed by atoms with van der Waals surface area (Å²) < 4.78 is 0. The standard InChI is InChI=1S/C22H24N2/c1-4-21-16(2)22(24-17(3)23-21)15-20-12-10-19(11-13-20)14-18-8-6-5-7-9-18/h5-13H,4,14-15H2,1-3H3. The van der Waals surface area contributed by atoms with Crippen molar-refractivity contribution < 1.29 is 0 Å². The van der Waals surface area contributed by atoms with Gasteiger partial charge in [-0.1, -0.05) is 61.5 Å². The summed E-state index contributed by atoms with van der Waals surface area (Å²) in [6.07, 6.45) is 2.80. The predicted molar refractivity (Wildman–Crippen MR) is 99.4 cm³/mol. The molecule has 0 amide bonds. The zero-order valence-corrected chi connectivity index (χ0v) is 14.7. The molecule has 1 heterocycles. The monoisotopic (exact) mass is 316 g/mol. The second-order valence-corrected chi connectivity index (χ2v) is 6.30. The minimum Gasteiger partial charge on any atom is -0.238 e. The maximum atomic E-state index is 4.66. The Morgan fingerprint density at radius 2 is 1.21 bits per heavy atom. The molecule has 0 N–H and O–H groups in total. The minimum absolute atomic E-state index is 0.869. The van der Waals surface area contributed by atoms with Crippen molar-refractivity contribution in [2.45, 2.75) is 40.0 Å². The van der Waals surface area contributed by atoms with Gasteiger partial charge in [-0.15, -0.1) is 0 Å². The second-order valence-electron chi connectivity index (χ2n) is 6.30. The molecule has 3 rings (SSSR count). The van der Waals surface area contributed by atoms with Crippen LogP contribution in [0.25, 0.3) is 0 Å². The lowest BCUT2D eigenvalue weighted by molar-refractivity contribution is 0.878. The Balaban J connectivity index is 1.76. The number of aromatic nitrogens is 2. The maximum Gasteiger partial charge on any atom is 0.125 e. The molecule has 0 atom stereocenters. The Morgan fingerprint density at radius 1 is 0.667 bits per heavy atom. The Hall–Kier alpha value is -2.48. The molecule has 2 heteroatoms. The Morgan fingerprint density at radius 3 is 1.83 bits per heavy atom. The molecule has 0 unspecified atom stereocenters. The molecule has 2 nitrogen and oxygen atoms in total. The summed E-state index contributed by atoms with van der Waals surface area (Å²) in [5.74, 6) is 0.869. The van der Waals surface area contributed by atoms with Gasteiger partial charge in [-0.3, -0.25) is 0 Å². The SMILES string of the molecule is CCc1nc(C)nc(Cc2ccc(Cc3ccccc3)cc2)c1C. The number of aryl methyl sites for hydroxylation is 2. The largest absolute Gasteiger partial charge is 0.238 e. The van der Waals surface area contributed by atoms with E-state index in [1.165, 1.54) is 22.3 Å². The molecule has 0 aliphatic carbocycles. The molecule has 0 saturated heterocycles. The first-order valence-corrected chi connectivity index (χ1v) is 8.60. The van der Waals surface area contributed by atoms with Gasteiger partial charge in [-0.05, 0) is 48.9 Å². The summed E-state index contributed by atoms with van der Waals surface area (Å²) in [7, 11) is 0. The van der Waals surface area contributed by atoms with E-state index in [1.807, 2.05) is 6.92 Å². The molecule has 122 valence electrons. The van der Waals surface area contributed by atoms with Gasteiger partial charge >= 0.3 is 0 Å². The first kappa shape index (κ1) is 16.4. The van der Waals surface area contributed by atoms with Crippen molar-refractivity contribution in [1.29, 1.82) is 0 Å². The van der Waals surface area contributed by atoms with E-state index in [0.717, 1.165) is 36.5 Å². The van der Waals surface area contributed by atoms with Crippen molar-refractivity contribution in [3.63, 3.8) is 0 Å². The van der Waals surface area contributed by atoms with Gasteiger partial charge in [0.15, 0.2) is 0 Å². The first-order chi connectivity index (χ1) is 11.7. The van der Waals surface area contributed by atoms with Crippen molar-refractivity contribution in [1.82, 2.24) is 9.97 Å². The van der Waals surface area contributed by atoms with Gasteiger partial charge in [0.2, 0.25) is 0 Å². The molecule has 0 radical (unpaired) electrons. The lowest BCUT2D eigenvalue weighted by Gasteiger charge is -2.11. The Labute approximate surface area is 144 Å². The fourth-order valence-electron chi connectivity index (χ4n) is 3.07. The Bertz CT molecular complexity index is 805. The lowest BCUT2D eigenvalue weighted by atomic mass is 10.00. The molecule has 0 spiro atoms. The Kier molecular flexibility index (Phi) is 5.05. The average molecular weight is 316 g/mol. The summed E-state index contributed by atoms with van der Waals surface area (Å²) in [5.41, 5.74) is 7.54. The summed E-state index contributed by atoms with van der Waals surface area (Å²) in [5, 5.41) is 0. The van der Waals surface area contributed by atoms with Crippen molar-refractivity contribution in [3.05, 3.63) is 94.1 Å². The number of rotatable bonds is 5. The van der Waals surface area contributed by atoms with Crippen LogP contribution in [0.4, 0.5) is 0 Å². The molecule has 0 aliphatic heterocycles. The average Bonchev–Trinajstić information content (AvgIpc) is 2.60. The van der Waals surface area contributed by atoms with Crippen LogP contribution in [0.5, 0.6) is 0 Å². The molecule has 0 saturated carbocycles. The summed E-state index contributed by atoms with van der Waals surface area (Å²) in [4.78, 5) is 9.20. The highest BCUT2D eigenvalue weighted by Crippen LogP contribution is 2.17. The fourth-order valence-corrected chi connectivity index (χ4v) is 3.07. The third-order valence-corrected chi connectivity index (χ3v) is 4.44. The third kappa shape index (κ3) is 3.88. The molecular formula is C22H24N2. The van der Waals surface area contributed by atoms with Gasteiger partial charge in [0, 0.05) is 12.1 Å². The van der Waals surface area contributed by atoms with E-state index >= 15 is 0 Å². The maximum absolute atomic E-state index is 4.66. The highest BCUT2D eigenvalue weighted by molar-refractivity contribution is 5.33. The van der Waals surface area contributed by atoms with Gasteiger partial charge in [0.25, 0.3) is 0 Å². The lowest BCUT2D eigenvalue weighted by Crippen LogP contribution is -2.05. The number of nitrogens with zero attached hydrogens (tertiary/aromatic N) is 2. The second kappa shape index (κ2) is 7.39. The van der Waals surface area contributed by atoms with Gasteiger partial charge in [0.1, 0.15) is 5.82 Å². The van der Waals surface area contributed by atoms with E-state index in [9.17, 15) is 0 Å². The van der Waals surface area contributed by atoms with E-state index in [0.29, 0.717) is 0 Å². The molecule has 24 heavy (non-hydrogen) atoms. The summed E-state index contributed by atoms with van der Waals surface area (Å²) in [6.45, 7) is 6.26. The molecule has 0 fully saturated rings. The van der Waals surface area contributed by atoms with Crippen molar-refractivity contribution >= 4 is 0 Å². The fraction of sp³-hybridized carbons (Fsp3) is 0.273. The molecule has 1 aromatic heterocycles. The summed E-state index contributed by atoms with van der Waals surface area (Å²) in [6, 6.07) is 19.5.